The van der Waals surface area contributed by atoms with Crippen LogP contribution < -0.4 is 0 Å². The van der Waals surface area contributed by atoms with Crippen LogP contribution in [0.25, 0.3) is 33.1 Å². The number of carbonyl (C=O) groups excluding carboxylic acids is 2. The molecule has 3 aromatic heterocycles. The highest BCUT2D eigenvalue weighted by Crippen LogP contribution is 2.35. The number of likely N-dealkylation sites (tertiary alicyclic amines) is 1. The summed E-state index contributed by atoms with van der Waals surface area (Å²) in [7, 11) is 0. The van der Waals surface area contributed by atoms with E-state index in [0.717, 1.165) is 4.68 Å². The van der Waals surface area contributed by atoms with E-state index >= 15 is 0 Å². The number of carbonyl (C=O) groups is 2. The number of nitrogens with zero attached hydrogens (tertiary/aromatic N) is 4. The molecule has 0 radical (unpaired) electrons. The highest BCUT2D eigenvalue weighted by Gasteiger charge is 2.32. The van der Waals surface area contributed by atoms with E-state index in [1.807, 2.05) is 0 Å². The molecule has 0 atom stereocenters. The number of hydrogen-bond acceptors (Lipinski definition) is 6. The normalized spacial score (nSPS) is 15.1. The molecule has 1 saturated heterocycles. The van der Waals surface area contributed by atoms with Gasteiger partial charge in [0.1, 0.15) is 29.8 Å². The maximum Gasteiger partial charge on any atom is 0.408 e. The first-order valence-corrected chi connectivity index (χ1v) is 11.6. The molecule has 188 valence electrons. The summed E-state index contributed by atoms with van der Waals surface area (Å²) in [5.41, 5.74) is 1.58. The Labute approximate surface area is 203 Å². The lowest BCUT2D eigenvalue weighted by Gasteiger charge is -2.30. The monoisotopic (exact) mass is 500 g/mol. The fourth-order valence-electron chi connectivity index (χ4n) is 4.58. The molecule has 1 aliphatic heterocycles. The van der Waals surface area contributed by atoms with E-state index in [1.54, 1.807) is 36.1 Å². The standard InChI is InChI=1S/C25H23F3N4O4/c1-2-35-24(34)15-7-9-31(10-8-15)23(33)19-11-20-17(12-29-19)22(30-32(20)14-25(26,27)28)18-13-36-21-6-4-3-5-16(18)21/h3-6,11-13,15H,2,7-10,14H2,1H3. The first kappa shape index (κ1) is 23.8. The third-order valence-electron chi connectivity index (χ3n) is 6.32. The topological polar surface area (TPSA) is 90.5 Å². The fraction of sp³-hybridized carbons (Fsp3) is 0.360. The fourth-order valence-corrected chi connectivity index (χ4v) is 4.58. The van der Waals surface area contributed by atoms with Gasteiger partial charge in [0, 0.05) is 35.6 Å². The van der Waals surface area contributed by atoms with Gasteiger partial charge in [-0.15, -0.1) is 0 Å². The molecule has 0 aliphatic carbocycles. The Balaban J connectivity index is 1.48. The van der Waals surface area contributed by atoms with E-state index in [9.17, 15) is 22.8 Å². The van der Waals surface area contributed by atoms with Crippen LogP contribution in [0.15, 0.2) is 47.2 Å². The molecule has 0 saturated carbocycles. The van der Waals surface area contributed by atoms with Gasteiger partial charge < -0.3 is 14.1 Å². The van der Waals surface area contributed by atoms with Gasteiger partial charge in [-0.25, -0.2) is 0 Å². The predicted molar refractivity (Wildman–Crippen MR) is 124 cm³/mol. The van der Waals surface area contributed by atoms with Crippen LogP contribution in [0, 0.1) is 5.92 Å². The van der Waals surface area contributed by atoms with Crippen molar-refractivity contribution < 1.29 is 31.9 Å². The minimum absolute atomic E-state index is 0.0176. The summed E-state index contributed by atoms with van der Waals surface area (Å²) in [6, 6.07) is 8.50. The van der Waals surface area contributed by atoms with Gasteiger partial charge in [0.15, 0.2) is 0 Å². The van der Waals surface area contributed by atoms with Crippen molar-refractivity contribution in [3.63, 3.8) is 0 Å². The first-order chi connectivity index (χ1) is 17.2. The number of hydrogen-bond donors (Lipinski definition) is 0. The van der Waals surface area contributed by atoms with Crippen LogP contribution in [-0.4, -0.2) is 57.4 Å². The molecule has 1 fully saturated rings. The van der Waals surface area contributed by atoms with E-state index in [0.29, 0.717) is 60.2 Å². The molecule has 8 nitrogen and oxygen atoms in total. The number of ether oxygens (including phenoxy) is 1. The quantitative estimate of drug-likeness (QED) is 0.365. The van der Waals surface area contributed by atoms with Crippen molar-refractivity contribution in [3.8, 4) is 11.3 Å². The van der Waals surface area contributed by atoms with Crippen molar-refractivity contribution in [1.29, 1.82) is 0 Å². The molecule has 0 N–H and O–H groups in total. The number of halogens is 3. The van der Waals surface area contributed by atoms with Gasteiger partial charge in [-0.3, -0.25) is 19.3 Å². The summed E-state index contributed by atoms with van der Waals surface area (Å²) in [6.45, 7) is 1.38. The summed E-state index contributed by atoms with van der Waals surface area (Å²) >= 11 is 0. The van der Waals surface area contributed by atoms with Crippen molar-refractivity contribution >= 4 is 33.7 Å². The number of piperidine rings is 1. The zero-order valence-corrected chi connectivity index (χ0v) is 19.4. The van der Waals surface area contributed by atoms with Crippen molar-refractivity contribution in [2.24, 2.45) is 5.92 Å². The van der Waals surface area contributed by atoms with Crippen LogP contribution in [-0.2, 0) is 16.1 Å². The van der Waals surface area contributed by atoms with Crippen molar-refractivity contribution in [2.75, 3.05) is 19.7 Å². The molecule has 0 spiro atoms. The Kier molecular flexibility index (Phi) is 6.15. The number of furan rings is 1. The van der Waals surface area contributed by atoms with Gasteiger partial charge in [-0.05, 0) is 31.9 Å². The van der Waals surface area contributed by atoms with E-state index in [4.69, 9.17) is 9.15 Å². The molecule has 1 aromatic carbocycles. The van der Waals surface area contributed by atoms with E-state index < -0.39 is 18.6 Å². The lowest BCUT2D eigenvalue weighted by Crippen LogP contribution is -2.41. The summed E-state index contributed by atoms with van der Waals surface area (Å²) in [6.07, 6.45) is -0.772. The van der Waals surface area contributed by atoms with E-state index in [-0.39, 0.29) is 23.1 Å². The smallest absolute Gasteiger partial charge is 0.408 e. The average molecular weight is 500 g/mol. The Hall–Kier alpha value is -3.89. The lowest BCUT2D eigenvalue weighted by atomic mass is 9.97. The number of aromatic nitrogens is 3. The van der Waals surface area contributed by atoms with Gasteiger partial charge in [-0.1, -0.05) is 18.2 Å². The van der Waals surface area contributed by atoms with Crippen LogP contribution in [0.5, 0.6) is 0 Å². The van der Waals surface area contributed by atoms with Crippen LogP contribution in [0.4, 0.5) is 13.2 Å². The molecule has 5 rings (SSSR count). The summed E-state index contributed by atoms with van der Waals surface area (Å²) in [5, 5.41) is 5.33. The maximum atomic E-state index is 13.4. The Morgan fingerprint density at radius 2 is 1.92 bits per heavy atom. The van der Waals surface area contributed by atoms with Crippen molar-refractivity contribution in [3.05, 3.63) is 48.5 Å². The molecule has 0 bridgehead atoms. The molecule has 1 amide bonds. The minimum Gasteiger partial charge on any atom is -0.466 e. The van der Waals surface area contributed by atoms with Gasteiger partial charge in [-0.2, -0.15) is 18.3 Å². The summed E-state index contributed by atoms with van der Waals surface area (Å²) in [4.78, 5) is 30.9. The number of amides is 1. The Bertz CT molecular complexity index is 1430. The van der Waals surface area contributed by atoms with Crippen LogP contribution in [0.3, 0.4) is 0 Å². The molecular formula is C25H23F3N4O4. The second-order valence-electron chi connectivity index (χ2n) is 8.67. The zero-order valence-electron chi connectivity index (χ0n) is 19.4. The molecule has 36 heavy (non-hydrogen) atoms. The zero-order chi connectivity index (χ0) is 25.4. The number of benzene rings is 1. The highest BCUT2D eigenvalue weighted by atomic mass is 19.4. The van der Waals surface area contributed by atoms with Crippen molar-refractivity contribution in [2.45, 2.75) is 32.5 Å². The highest BCUT2D eigenvalue weighted by molar-refractivity contribution is 6.03. The Morgan fingerprint density at radius 1 is 1.17 bits per heavy atom. The van der Waals surface area contributed by atoms with Crippen LogP contribution in [0.2, 0.25) is 0 Å². The lowest BCUT2D eigenvalue weighted by molar-refractivity contribution is -0.149. The third kappa shape index (κ3) is 4.52. The number of fused-ring (bicyclic) bond motifs is 2. The molecule has 4 aromatic rings. The molecule has 1 aliphatic rings. The molecule has 4 heterocycles. The van der Waals surface area contributed by atoms with Gasteiger partial charge in [0.2, 0.25) is 0 Å². The Morgan fingerprint density at radius 3 is 2.64 bits per heavy atom. The molecular weight excluding hydrogens is 477 g/mol. The predicted octanol–water partition coefficient (Wildman–Crippen LogP) is 4.82. The van der Waals surface area contributed by atoms with Gasteiger partial charge in [0.05, 0.1) is 18.0 Å². The average Bonchev–Trinajstić information content (AvgIpc) is 3.44. The number of esters is 1. The number of para-hydroxylation sites is 1. The maximum absolute atomic E-state index is 13.4. The molecule has 11 heteroatoms. The minimum atomic E-state index is -4.52. The third-order valence-corrected chi connectivity index (χ3v) is 6.32. The second-order valence-corrected chi connectivity index (χ2v) is 8.67. The summed E-state index contributed by atoms with van der Waals surface area (Å²) < 4.78 is 51.6. The number of rotatable bonds is 5. The van der Waals surface area contributed by atoms with Crippen LogP contribution >= 0.6 is 0 Å². The van der Waals surface area contributed by atoms with Gasteiger partial charge in [0.25, 0.3) is 5.91 Å². The van der Waals surface area contributed by atoms with Crippen LogP contribution in [0.1, 0.15) is 30.3 Å². The number of alkyl halides is 3. The van der Waals surface area contributed by atoms with Gasteiger partial charge >= 0.3 is 12.1 Å². The number of pyridine rings is 1. The van der Waals surface area contributed by atoms with E-state index in [1.165, 1.54) is 18.5 Å². The SMILES string of the molecule is CCOC(=O)C1CCN(C(=O)c2cc3c(cn2)c(-c2coc4ccccc24)nn3CC(F)(F)F)CC1. The van der Waals surface area contributed by atoms with Crippen molar-refractivity contribution in [1.82, 2.24) is 19.7 Å². The molecule has 0 unspecified atom stereocenters. The first-order valence-electron chi connectivity index (χ1n) is 11.6. The summed E-state index contributed by atoms with van der Waals surface area (Å²) in [5.74, 6) is -0.959. The second kappa shape index (κ2) is 9.29. The largest absolute Gasteiger partial charge is 0.466 e. The van der Waals surface area contributed by atoms with E-state index in [2.05, 4.69) is 10.1 Å².